The zero-order valence-corrected chi connectivity index (χ0v) is 12.5. The molecule has 0 aliphatic carbocycles. The Hall–Kier alpha value is -1.60. The second-order valence-corrected chi connectivity index (χ2v) is 6.67. The Morgan fingerprint density at radius 1 is 1.40 bits per heavy atom. The van der Waals surface area contributed by atoms with Crippen molar-refractivity contribution in [1.82, 2.24) is 0 Å². The number of ether oxygens (including phenoxy) is 1. The Morgan fingerprint density at radius 2 is 2.05 bits per heavy atom. The maximum absolute atomic E-state index is 11.6. The first-order valence-electron chi connectivity index (χ1n) is 6.10. The van der Waals surface area contributed by atoms with Crippen LogP contribution in [0.4, 0.5) is 5.69 Å². The van der Waals surface area contributed by atoms with Gasteiger partial charge in [0, 0.05) is 11.9 Å². The molecule has 0 fully saturated rings. The molecule has 0 heterocycles. The van der Waals surface area contributed by atoms with E-state index in [1.54, 1.807) is 13.0 Å². The molecule has 0 aliphatic heterocycles. The summed E-state index contributed by atoms with van der Waals surface area (Å²) in [6.45, 7) is 1.49. The fraction of sp³-hybridized carbons (Fsp3) is 0.462. The summed E-state index contributed by atoms with van der Waals surface area (Å²) in [4.78, 5) is 11.5. The van der Waals surface area contributed by atoms with Gasteiger partial charge in [0.1, 0.15) is 5.37 Å². The van der Waals surface area contributed by atoms with Gasteiger partial charge in [-0.2, -0.15) is 0 Å². The molecule has 1 unspecified atom stereocenters. The van der Waals surface area contributed by atoms with Gasteiger partial charge in [-0.15, -0.1) is 0 Å². The van der Waals surface area contributed by atoms with Crippen LogP contribution in [0.3, 0.4) is 0 Å². The molecule has 0 amide bonds. The molecule has 0 saturated heterocycles. The van der Waals surface area contributed by atoms with Gasteiger partial charge in [0.15, 0.2) is 9.84 Å². The van der Waals surface area contributed by atoms with Crippen molar-refractivity contribution in [3.05, 3.63) is 29.3 Å². The van der Waals surface area contributed by atoms with E-state index in [2.05, 4.69) is 10.1 Å². The van der Waals surface area contributed by atoms with Gasteiger partial charge in [-0.05, 0) is 30.2 Å². The molecule has 7 heteroatoms. The first-order valence-corrected chi connectivity index (χ1v) is 8.05. The Labute approximate surface area is 118 Å². The lowest BCUT2D eigenvalue weighted by Gasteiger charge is -2.17. The number of nitrogens with one attached hydrogen (secondary N) is 1. The normalized spacial score (nSPS) is 12.8. The monoisotopic (exact) mass is 301 g/mol. The number of esters is 1. The number of sulfone groups is 1. The molecule has 0 saturated carbocycles. The van der Waals surface area contributed by atoms with Crippen LogP contribution >= 0.6 is 0 Å². The van der Waals surface area contributed by atoms with E-state index >= 15 is 0 Å². The van der Waals surface area contributed by atoms with Crippen molar-refractivity contribution in [3.63, 3.8) is 0 Å². The van der Waals surface area contributed by atoms with E-state index in [0.29, 0.717) is 17.7 Å². The number of benzene rings is 1. The van der Waals surface area contributed by atoms with E-state index in [0.717, 1.165) is 6.26 Å². The van der Waals surface area contributed by atoms with Gasteiger partial charge in [0.25, 0.3) is 0 Å². The predicted octanol–water partition coefficient (Wildman–Crippen LogP) is 1.16. The van der Waals surface area contributed by atoms with Gasteiger partial charge in [0.2, 0.25) is 0 Å². The van der Waals surface area contributed by atoms with Crippen molar-refractivity contribution >= 4 is 21.5 Å². The van der Waals surface area contributed by atoms with Crippen LogP contribution in [0, 0.1) is 0 Å². The summed E-state index contributed by atoms with van der Waals surface area (Å²) >= 11 is 0. The van der Waals surface area contributed by atoms with Crippen LogP contribution in [0.25, 0.3) is 0 Å². The third-order valence-corrected chi connectivity index (χ3v) is 4.30. The number of methoxy groups -OCH3 is 1. The maximum Gasteiger partial charge on any atom is 0.337 e. The van der Waals surface area contributed by atoms with Crippen molar-refractivity contribution in [2.75, 3.05) is 18.7 Å². The fourth-order valence-corrected chi connectivity index (χ4v) is 2.76. The minimum atomic E-state index is -3.26. The van der Waals surface area contributed by atoms with Crippen molar-refractivity contribution in [3.8, 4) is 0 Å². The summed E-state index contributed by atoms with van der Waals surface area (Å²) in [7, 11) is -2.00. The highest BCUT2D eigenvalue weighted by atomic mass is 32.2. The number of carbonyl (C=O) groups is 1. The quantitative estimate of drug-likeness (QED) is 0.766. The highest BCUT2D eigenvalue weighted by Crippen LogP contribution is 2.19. The smallest absolute Gasteiger partial charge is 0.337 e. The first-order chi connectivity index (χ1) is 9.31. The molecule has 1 rings (SSSR count). The Bertz CT molecular complexity index is 582. The van der Waals surface area contributed by atoms with Gasteiger partial charge in [-0.1, -0.05) is 6.92 Å². The third-order valence-electron chi connectivity index (χ3n) is 2.81. The van der Waals surface area contributed by atoms with Gasteiger partial charge in [0.05, 0.1) is 19.3 Å². The molecule has 0 radical (unpaired) electrons. The van der Waals surface area contributed by atoms with Crippen LogP contribution in [-0.4, -0.2) is 38.2 Å². The molecule has 0 bridgehead atoms. The topological polar surface area (TPSA) is 92.7 Å². The molecular formula is C13H19NO5S. The SMILES string of the molecule is CCC(Nc1cc(CO)cc(C(=O)OC)c1)S(C)(=O)=O. The summed E-state index contributed by atoms with van der Waals surface area (Å²) in [5.74, 6) is -0.546. The number of aliphatic hydroxyl groups is 1. The van der Waals surface area contributed by atoms with Crippen LogP contribution in [0.15, 0.2) is 18.2 Å². The lowest BCUT2D eigenvalue weighted by atomic mass is 10.1. The fourth-order valence-electron chi connectivity index (χ4n) is 1.80. The average Bonchev–Trinajstić information content (AvgIpc) is 2.42. The van der Waals surface area contributed by atoms with Crippen LogP contribution in [0.1, 0.15) is 29.3 Å². The van der Waals surface area contributed by atoms with Crippen LogP contribution < -0.4 is 5.32 Å². The zero-order chi connectivity index (χ0) is 15.3. The van der Waals surface area contributed by atoms with E-state index in [1.807, 2.05) is 0 Å². The summed E-state index contributed by atoms with van der Waals surface area (Å²) in [6.07, 6.45) is 1.53. The molecule has 1 atom stereocenters. The summed E-state index contributed by atoms with van der Waals surface area (Å²) in [5.41, 5.74) is 1.21. The number of hydrogen-bond acceptors (Lipinski definition) is 6. The van der Waals surface area contributed by atoms with E-state index in [4.69, 9.17) is 0 Å². The average molecular weight is 301 g/mol. The van der Waals surface area contributed by atoms with E-state index < -0.39 is 21.2 Å². The summed E-state index contributed by atoms with van der Waals surface area (Å²) < 4.78 is 27.8. The van der Waals surface area contributed by atoms with Crippen molar-refractivity contribution in [2.24, 2.45) is 0 Å². The van der Waals surface area contributed by atoms with Gasteiger partial charge in [-0.3, -0.25) is 0 Å². The lowest BCUT2D eigenvalue weighted by molar-refractivity contribution is 0.0600. The van der Waals surface area contributed by atoms with E-state index in [-0.39, 0.29) is 12.2 Å². The number of hydrogen-bond donors (Lipinski definition) is 2. The highest BCUT2D eigenvalue weighted by Gasteiger charge is 2.19. The largest absolute Gasteiger partial charge is 0.465 e. The number of rotatable bonds is 6. The summed E-state index contributed by atoms with van der Waals surface area (Å²) in [6, 6.07) is 4.59. The predicted molar refractivity (Wildman–Crippen MR) is 76.2 cm³/mol. The minimum absolute atomic E-state index is 0.255. The molecule has 0 aromatic heterocycles. The molecule has 0 spiro atoms. The number of anilines is 1. The van der Waals surface area contributed by atoms with E-state index in [9.17, 15) is 18.3 Å². The molecule has 0 aliphatic rings. The number of aliphatic hydroxyl groups excluding tert-OH is 1. The van der Waals surface area contributed by atoms with E-state index in [1.165, 1.54) is 19.2 Å². The summed E-state index contributed by atoms with van der Waals surface area (Å²) in [5, 5.41) is 11.3. The molecule has 112 valence electrons. The maximum atomic E-state index is 11.6. The van der Waals surface area contributed by atoms with Gasteiger partial charge in [-0.25, -0.2) is 13.2 Å². The van der Waals surface area contributed by atoms with Crippen LogP contribution in [0.2, 0.25) is 0 Å². The number of carbonyl (C=O) groups excluding carboxylic acids is 1. The van der Waals surface area contributed by atoms with Crippen LogP contribution in [-0.2, 0) is 21.2 Å². The Kier molecular flexibility index (Phi) is 5.52. The van der Waals surface area contributed by atoms with Gasteiger partial charge >= 0.3 is 5.97 Å². The van der Waals surface area contributed by atoms with Crippen LogP contribution in [0.5, 0.6) is 0 Å². The second-order valence-electron chi connectivity index (χ2n) is 4.44. The Morgan fingerprint density at radius 3 is 2.50 bits per heavy atom. The second kappa shape index (κ2) is 6.71. The van der Waals surface area contributed by atoms with Crippen molar-refractivity contribution in [2.45, 2.75) is 25.3 Å². The lowest BCUT2D eigenvalue weighted by Crippen LogP contribution is -2.28. The van der Waals surface area contributed by atoms with Crippen molar-refractivity contribution < 1.29 is 23.1 Å². The molecular weight excluding hydrogens is 282 g/mol. The van der Waals surface area contributed by atoms with Crippen molar-refractivity contribution in [1.29, 1.82) is 0 Å². The Balaban J connectivity index is 3.14. The molecule has 2 N–H and O–H groups in total. The standard InChI is InChI=1S/C13H19NO5S/c1-4-12(20(3,17)18)14-11-6-9(8-15)5-10(7-11)13(16)19-2/h5-7,12,14-15H,4,8H2,1-3H3. The molecule has 1 aromatic rings. The molecule has 20 heavy (non-hydrogen) atoms. The zero-order valence-electron chi connectivity index (χ0n) is 11.7. The molecule has 1 aromatic carbocycles. The first kappa shape index (κ1) is 16.5. The highest BCUT2D eigenvalue weighted by molar-refractivity contribution is 7.91. The molecule has 6 nitrogen and oxygen atoms in total. The van der Waals surface area contributed by atoms with Gasteiger partial charge < -0.3 is 15.2 Å². The third kappa shape index (κ3) is 4.21. The minimum Gasteiger partial charge on any atom is -0.465 e.